The minimum atomic E-state index is -1.05. The van der Waals surface area contributed by atoms with Gasteiger partial charge in [-0.3, -0.25) is 14.5 Å². The Balaban J connectivity index is 1.61. The number of fused-ring (bicyclic) bond motifs is 3. The van der Waals surface area contributed by atoms with Crippen LogP contribution in [0.15, 0.2) is 0 Å². The molecule has 8 nitrogen and oxygen atoms in total. The molecule has 0 radical (unpaired) electrons. The van der Waals surface area contributed by atoms with E-state index >= 15 is 0 Å². The quantitative estimate of drug-likeness (QED) is 0.735. The Hall–Kier alpha value is -2.00. The first-order chi connectivity index (χ1) is 11.4. The summed E-state index contributed by atoms with van der Waals surface area (Å²) >= 11 is 0.952. The molecule has 0 aliphatic carbocycles. The van der Waals surface area contributed by atoms with Crippen molar-refractivity contribution in [2.45, 2.75) is 32.2 Å². The molecule has 2 saturated heterocycles. The lowest BCUT2D eigenvalue weighted by atomic mass is 9.99. The average Bonchev–Trinajstić information content (AvgIpc) is 2.65. The second-order valence-corrected chi connectivity index (χ2v) is 7.31. The lowest BCUT2D eigenvalue weighted by Crippen LogP contribution is -2.42. The number of aromatic carboxylic acids is 1. The van der Waals surface area contributed by atoms with E-state index in [0.29, 0.717) is 23.9 Å². The molecule has 9 heteroatoms. The van der Waals surface area contributed by atoms with Crippen molar-refractivity contribution < 1.29 is 19.5 Å². The fraction of sp³-hybridized carbons (Fsp3) is 0.600. The smallest absolute Gasteiger partial charge is 0.347 e. The molecule has 2 aliphatic heterocycles. The summed E-state index contributed by atoms with van der Waals surface area (Å²) in [6.45, 7) is 3.01. The number of carbonyl (C=O) groups excluding carboxylic acids is 2. The van der Waals surface area contributed by atoms with Gasteiger partial charge in [-0.1, -0.05) is 17.8 Å². The number of nitrogens with zero attached hydrogens (tertiary/aromatic N) is 2. The average molecular weight is 352 g/mol. The van der Waals surface area contributed by atoms with E-state index in [9.17, 15) is 14.4 Å². The van der Waals surface area contributed by atoms with Gasteiger partial charge in [0, 0.05) is 19.1 Å². The van der Waals surface area contributed by atoms with Gasteiger partial charge in [0.05, 0.1) is 18.2 Å². The third kappa shape index (κ3) is 3.73. The maximum atomic E-state index is 12.2. The van der Waals surface area contributed by atoms with Crippen molar-refractivity contribution in [3.8, 4) is 0 Å². The van der Waals surface area contributed by atoms with Crippen LogP contribution >= 0.6 is 11.3 Å². The second-order valence-electron chi connectivity index (χ2n) is 6.31. The van der Waals surface area contributed by atoms with E-state index in [1.807, 2.05) is 4.90 Å². The molecule has 0 aromatic carbocycles. The summed E-state index contributed by atoms with van der Waals surface area (Å²) in [7, 11) is 0. The van der Waals surface area contributed by atoms with Crippen LogP contribution in [-0.2, 0) is 9.59 Å². The molecule has 2 fully saturated rings. The number of anilines is 1. The number of nitrogens with one attached hydrogen (secondary N) is 2. The first-order valence-corrected chi connectivity index (χ1v) is 8.77. The Morgan fingerprint density at radius 3 is 2.92 bits per heavy atom. The molecular formula is C15H20N4O4S. The summed E-state index contributed by atoms with van der Waals surface area (Å²) in [5, 5.41) is 15.0. The fourth-order valence-corrected chi connectivity index (χ4v) is 4.10. The molecule has 0 saturated carbocycles. The topological polar surface area (TPSA) is 112 Å². The van der Waals surface area contributed by atoms with E-state index < -0.39 is 5.97 Å². The number of hydrogen-bond donors (Lipinski definition) is 3. The van der Waals surface area contributed by atoms with Crippen LogP contribution in [0, 0.1) is 12.8 Å². The van der Waals surface area contributed by atoms with Gasteiger partial charge >= 0.3 is 5.97 Å². The van der Waals surface area contributed by atoms with Crippen molar-refractivity contribution in [1.29, 1.82) is 0 Å². The van der Waals surface area contributed by atoms with Gasteiger partial charge in [0.1, 0.15) is 4.88 Å². The van der Waals surface area contributed by atoms with Crippen molar-refractivity contribution in [3.63, 3.8) is 0 Å². The van der Waals surface area contributed by atoms with Gasteiger partial charge < -0.3 is 15.7 Å². The molecule has 2 atom stereocenters. The van der Waals surface area contributed by atoms with Crippen molar-refractivity contribution in [3.05, 3.63) is 10.6 Å². The van der Waals surface area contributed by atoms with E-state index in [0.717, 1.165) is 30.6 Å². The lowest BCUT2D eigenvalue weighted by Gasteiger charge is -2.26. The number of carboxylic acid groups (broad SMARTS) is 1. The summed E-state index contributed by atoms with van der Waals surface area (Å²) in [5.74, 6) is -1.27. The Morgan fingerprint density at radius 2 is 2.21 bits per heavy atom. The summed E-state index contributed by atoms with van der Waals surface area (Å²) in [6.07, 6.45) is 2.83. The van der Waals surface area contributed by atoms with Gasteiger partial charge in [0.15, 0.2) is 5.13 Å². The fourth-order valence-electron chi connectivity index (χ4n) is 3.28. The molecular weight excluding hydrogens is 332 g/mol. The standard InChI is InChI=1S/C15H20N4O4S/c1-8-12(14(22)23)24-15(16-8)18-11(20)7-19-5-9-3-2-4-10(6-19)17-13(9)21/h9-10H,2-7H2,1H3,(H,17,21)(H,22,23)(H,16,18,20)/t9-,10+/m1/s1. The predicted octanol–water partition coefficient (Wildman–Crippen LogP) is 0.689. The van der Waals surface area contributed by atoms with Crippen molar-refractivity contribution in [2.24, 2.45) is 5.92 Å². The van der Waals surface area contributed by atoms with Crippen LogP contribution in [0.4, 0.5) is 5.13 Å². The largest absolute Gasteiger partial charge is 0.477 e. The molecule has 3 heterocycles. The molecule has 2 bridgehead atoms. The van der Waals surface area contributed by atoms with Gasteiger partial charge in [-0.2, -0.15) is 0 Å². The molecule has 24 heavy (non-hydrogen) atoms. The number of aromatic nitrogens is 1. The zero-order valence-electron chi connectivity index (χ0n) is 13.4. The monoisotopic (exact) mass is 352 g/mol. The number of rotatable bonds is 4. The normalized spacial score (nSPS) is 24.1. The summed E-state index contributed by atoms with van der Waals surface area (Å²) < 4.78 is 0. The molecule has 3 rings (SSSR count). The molecule has 0 spiro atoms. The second kappa shape index (κ2) is 6.86. The van der Waals surface area contributed by atoms with Gasteiger partial charge in [-0.05, 0) is 19.8 Å². The highest BCUT2D eigenvalue weighted by Crippen LogP contribution is 2.23. The third-order valence-corrected chi connectivity index (χ3v) is 5.44. The van der Waals surface area contributed by atoms with E-state index in [4.69, 9.17) is 5.11 Å². The van der Waals surface area contributed by atoms with Gasteiger partial charge in [0.25, 0.3) is 0 Å². The Labute approximate surface area is 143 Å². The highest BCUT2D eigenvalue weighted by molar-refractivity contribution is 7.17. The first kappa shape index (κ1) is 16.8. The minimum Gasteiger partial charge on any atom is -0.477 e. The zero-order valence-corrected chi connectivity index (χ0v) is 14.2. The minimum absolute atomic E-state index is 0.0639. The van der Waals surface area contributed by atoms with Crippen molar-refractivity contribution >= 4 is 34.3 Å². The Bertz CT molecular complexity index is 674. The lowest BCUT2D eigenvalue weighted by molar-refractivity contribution is -0.125. The maximum absolute atomic E-state index is 12.2. The molecule has 1 aromatic rings. The summed E-state index contributed by atoms with van der Waals surface area (Å²) in [5.41, 5.74) is 0.391. The number of hydrogen-bond acceptors (Lipinski definition) is 6. The third-order valence-electron chi connectivity index (χ3n) is 4.38. The molecule has 2 amide bonds. The summed E-state index contributed by atoms with van der Waals surface area (Å²) in [6, 6.07) is 0.0959. The molecule has 130 valence electrons. The predicted molar refractivity (Wildman–Crippen MR) is 88.2 cm³/mol. The van der Waals surface area contributed by atoms with E-state index in [1.54, 1.807) is 6.92 Å². The molecule has 3 N–H and O–H groups in total. The Kier molecular flexibility index (Phi) is 4.81. The number of thiazole rings is 1. The van der Waals surface area contributed by atoms with E-state index in [-0.39, 0.29) is 35.2 Å². The summed E-state index contributed by atoms with van der Waals surface area (Å²) in [4.78, 5) is 41.5. The van der Waals surface area contributed by atoms with Gasteiger partial charge in [0.2, 0.25) is 11.8 Å². The van der Waals surface area contributed by atoms with Crippen molar-refractivity contribution in [1.82, 2.24) is 15.2 Å². The van der Waals surface area contributed by atoms with Crippen LogP contribution in [0.25, 0.3) is 0 Å². The number of aryl methyl sites for hydroxylation is 1. The van der Waals surface area contributed by atoms with E-state index in [1.165, 1.54) is 0 Å². The van der Waals surface area contributed by atoms with Crippen LogP contribution in [0.3, 0.4) is 0 Å². The number of carboxylic acids is 1. The molecule has 0 unspecified atom stereocenters. The molecule has 2 aliphatic rings. The van der Waals surface area contributed by atoms with Crippen molar-refractivity contribution in [2.75, 3.05) is 25.0 Å². The van der Waals surface area contributed by atoms with Crippen LogP contribution in [-0.4, -0.2) is 58.5 Å². The van der Waals surface area contributed by atoms with Crippen LogP contribution in [0.1, 0.15) is 34.6 Å². The zero-order chi connectivity index (χ0) is 17.3. The number of likely N-dealkylation sites (tertiary alicyclic amines) is 1. The SMILES string of the molecule is Cc1nc(NC(=O)CN2C[C@@H]3CCC[C@H](C2)C(=O)N3)sc1C(=O)O. The highest BCUT2D eigenvalue weighted by atomic mass is 32.1. The van der Waals surface area contributed by atoms with Gasteiger partial charge in [-0.15, -0.1) is 0 Å². The maximum Gasteiger partial charge on any atom is 0.347 e. The number of amides is 2. The van der Waals surface area contributed by atoms with Gasteiger partial charge in [-0.25, -0.2) is 9.78 Å². The highest BCUT2D eigenvalue weighted by Gasteiger charge is 2.33. The van der Waals surface area contributed by atoms with Crippen LogP contribution in [0.2, 0.25) is 0 Å². The first-order valence-electron chi connectivity index (χ1n) is 7.95. The van der Waals surface area contributed by atoms with Crippen LogP contribution in [0.5, 0.6) is 0 Å². The number of carbonyl (C=O) groups is 3. The van der Waals surface area contributed by atoms with E-state index in [2.05, 4.69) is 15.6 Å². The Morgan fingerprint density at radius 1 is 1.42 bits per heavy atom. The van der Waals surface area contributed by atoms with Crippen LogP contribution < -0.4 is 10.6 Å². The molecule has 1 aromatic heterocycles.